The van der Waals surface area contributed by atoms with E-state index in [9.17, 15) is 4.79 Å². The van der Waals surface area contributed by atoms with Crippen LogP contribution in [0.15, 0.2) is 41.9 Å². The lowest BCUT2D eigenvalue weighted by molar-refractivity contribution is 0.0929. The Morgan fingerprint density at radius 2 is 2.17 bits per heavy atom. The van der Waals surface area contributed by atoms with Crippen LogP contribution in [0.3, 0.4) is 0 Å². The summed E-state index contributed by atoms with van der Waals surface area (Å²) in [6.07, 6.45) is 4.56. The summed E-state index contributed by atoms with van der Waals surface area (Å²) < 4.78 is 0. The third kappa shape index (κ3) is 2.90. The molecule has 116 valence electrons. The number of thiazole rings is 1. The van der Waals surface area contributed by atoms with E-state index >= 15 is 0 Å². The number of hydrogen-bond acceptors (Lipinski definition) is 4. The molecule has 0 fully saturated rings. The van der Waals surface area contributed by atoms with Gasteiger partial charge in [-0.15, -0.1) is 11.3 Å². The molecule has 0 unspecified atom stereocenters. The fourth-order valence-corrected chi connectivity index (χ4v) is 3.69. The third-order valence-corrected chi connectivity index (χ3v) is 5.00. The third-order valence-electron chi connectivity index (χ3n) is 4.11. The van der Waals surface area contributed by atoms with Crippen LogP contribution in [0.1, 0.15) is 28.2 Å². The van der Waals surface area contributed by atoms with Crippen LogP contribution < -0.4 is 5.32 Å². The predicted octanol–water partition coefficient (Wildman–Crippen LogP) is 2.82. The number of carbonyl (C=O) groups is 1. The van der Waals surface area contributed by atoms with E-state index in [2.05, 4.69) is 20.5 Å². The molecule has 0 radical (unpaired) electrons. The minimum Gasteiger partial charge on any atom is -0.348 e. The van der Waals surface area contributed by atoms with Gasteiger partial charge < -0.3 is 5.32 Å². The summed E-state index contributed by atoms with van der Waals surface area (Å²) in [6.45, 7) is 0. The number of rotatable bonds is 3. The molecule has 6 heteroatoms. The van der Waals surface area contributed by atoms with Gasteiger partial charge in [-0.3, -0.25) is 9.89 Å². The highest BCUT2D eigenvalue weighted by atomic mass is 32.1. The Kier molecular flexibility index (Phi) is 3.67. The molecule has 2 heterocycles. The fraction of sp³-hybridized carbons (Fsp3) is 0.235. The van der Waals surface area contributed by atoms with Crippen molar-refractivity contribution in [2.75, 3.05) is 0 Å². The van der Waals surface area contributed by atoms with Crippen molar-refractivity contribution >= 4 is 17.2 Å². The maximum absolute atomic E-state index is 12.4. The summed E-state index contributed by atoms with van der Waals surface area (Å²) in [7, 11) is 0. The summed E-state index contributed by atoms with van der Waals surface area (Å²) in [5.74, 6) is -0.101. The second-order valence-electron chi connectivity index (χ2n) is 5.69. The molecule has 2 aromatic heterocycles. The molecule has 3 aromatic rings. The first-order chi connectivity index (χ1) is 11.3. The number of aromatic nitrogens is 3. The van der Waals surface area contributed by atoms with E-state index in [-0.39, 0.29) is 11.9 Å². The van der Waals surface area contributed by atoms with E-state index in [0.29, 0.717) is 5.69 Å². The maximum Gasteiger partial charge on any atom is 0.271 e. The van der Waals surface area contributed by atoms with E-state index in [4.69, 9.17) is 0 Å². The van der Waals surface area contributed by atoms with Crippen molar-refractivity contribution in [3.8, 4) is 10.6 Å². The monoisotopic (exact) mass is 324 g/mol. The first-order valence-corrected chi connectivity index (χ1v) is 8.50. The standard InChI is InChI=1S/C17H16N4OS/c22-16(19-13-7-6-12-9-18-21-14(12)8-13)15-10-23-17(20-15)11-4-2-1-3-5-11/h1-5,9-10,13H,6-8H2,(H,18,21)(H,19,22)/t13-/m0/s1. The van der Waals surface area contributed by atoms with Crippen LogP contribution in [0.5, 0.6) is 0 Å². The molecule has 1 aromatic carbocycles. The molecule has 2 N–H and O–H groups in total. The smallest absolute Gasteiger partial charge is 0.271 e. The summed E-state index contributed by atoms with van der Waals surface area (Å²) in [5, 5.41) is 12.9. The average molecular weight is 324 g/mol. The minimum atomic E-state index is -0.101. The lowest BCUT2D eigenvalue weighted by atomic mass is 9.94. The Balaban J connectivity index is 1.45. The van der Waals surface area contributed by atoms with Gasteiger partial charge in [-0.1, -0.05) is 30.3 Å². The molecule has 0 saturated heterocycles. The molecule has 4 rings (SSSR count). The first-order valence-electron chi connectivity index (χ1n) is 7.62. The topological polar surface area (TPSA) is 70.7 Å². The normalized spacial score (nSPS) is 16.8. The van der Waals surface area contributed by atoms with Crippen LogP contribution in [0.4, 0.5) is 0 Å². The number of nitrogens with one attached hydrogen (secondary N) is 2. The van der Waals surface area contributed by atoms with Crippen LogP contribution >= 0.6 is 11.3 Å². The van der Waals surface area contributed by atoms with Crippen molar-refractivity contribution in [2.24, 2.45) is 0 Å². The van der Waals surface area contributed by atoms with Gasteiger partial charge in [0.25, 0.3) is 5.91 Å². The van der Waals surface area contributed by atoms with Crippen molar-refractivity contribution in [1.82, 2.24) is 20.5 Å². The second kappa shape index (κ2) is 5.96. The Bertz CT molecular complexity index is 824. The number of fused-ring (bicyclic) bond motifs is 1. The van der Waals surface area contributed by atoms with Crippen molar-refractivity contribution in [1.29, 1.82) is 0 Å². The first kappa shape index (κ1) is 14.1. The van der Waals surface area contributed by atoms with Crippen molar-refractivity contribution < 1.29 is 4.79 Å². The zero-order valence-corrected chi connectivity index (χ0v) is 13.3. The van der Waals surface area contributed by atoms with Gasteiger partial charge in [0.15, 0.2) is 0 Å². The predicted molar refractivity (Wildman–Crippen MR) is 89.4 cm³/mol. The minimum absolute atomic E-state index is 0.101. The zero-order chi connectivity index (χ0) is 15.6. The Hall–Kier alpha value is -2.47. The van der Waals surface area contributed by atoms with Gasteiger partial charge in [-0.05, 0) is 18.4 Å². The quantitative estimate of drug-likeness (QED) is 0.778. The molecule has 0 aliphatic heterocycles. The molecule has 1 aliphatic rings. The molecule has 1 amide bonds. The number of hydrogen-bond donors (Lipinski definition) is 2. The van der Waals surface area contributed by atoms with Crippen LogP contribution in [-0.2, 0) is 12.8 Å². The van der Waals surface area contributed by atoms with Crippen molar-refractivity contribution in [2.45, 2.75) is 25.3 Å². The second-order valence-corrected chi connectivity index (χ2v) is 6.55. The van der Waals surface area contributed by atoms with Gasteiger partial charge in [-0.2, -0.15) is 5.10 Å². The highest BCUT2D eigenvalue weighted by molar-refractivity contribution is 7.13. The van der Waals surface area contributed by atoms with Crippen molar-refractivity contribution in [3.63, 3.8) is 0 Å². The highest BCUT2D eigenvalue weighted by Crippen LogP contribution is 2.24. The van der Waals surface area contributed by atoms with E-state index < -0.39 is 0 Å². The maximum atomic E-state index is 12.4. The van der Waals surface area contributed by atoms with Crippen LogP contribution in [0.2, 0.25) is 0 Å². The van der Waals surface area contributed by atoms with E-state index in [1.165, 1.54) is 16.9 Å². The number of carbonyl (C=O) groups excluding carboxylic acids is 1. The van der Waals surface area contributed by atoms with Gasteiger partial charge in [0.1, 0.15) is 10.7 Å². The number of aromatic amines is 1. The molecule has 23 heavy (non-hydrogen) atoms. The number of benzene rings is 1. The molecule has 0 spiro atoms. The SMILES string of the molecule is O=C(N[C@H]1CCc2cn[nH]c2C1)c1csc(-c2ccccc2)n1. The Morgan fingerprint density at radius 3 is 3.04 bits per heavy atom. The molecule has 5 nitrogen and oxygen atoms in total. The highest BCUT2D eigenvalue weighted by Gasteiger charge is 2.23. The van der Waals surface area contributed by atoms with Crippen LogP contribution in [-0.4, -0.2) is 27.1 Å². The lowest BCUT2D eigenvalue weighted by Crippen LogP contribution is -2.38. The fourth-order valence-electron chi connectivity index (χ4n) is 2.88. The molecular weight excluding hydrogens is 308 g/mol. The van der Waals surface area contributed by atoms with Gasteiger partial charge >= 0.3 is 0 Å². The molecule has 0 bridgehead atoms. The van der Waals surface area contributed by atoms with Crippen LogP contribution in [0, 0.1) is 0 Å². The van der Waals surface area contributed by atoms with Gasteiger partial charge in [-0.25, -0.2) is 4.98 Å². The summed E-state index contributed by atoms with van der Waals surface area (Å²) in [6, 6.07) is 10.1. The lowest BCUT2D eigenvalue weighted by Gasteiger charge is -2.22. The van der Waals surface area contributed by atoms with Crippen molar-refractivity contribution in [3.05, 3.63) is 58.9 Å². The Labute approximate surface area is 137 Å². The molecule has 1 atom stereocenters. The molecule has 1 aliphatic carbocycles. The number of aryl methyl sites for hydroxylation is 1. The van der Waals surface area contributed by atoms with Gasteiger partial charge in [0.2, 0.25) is 0 Å². The summed E-state index contributed by atoms with van der Waals surface area (Å²) in [4.78, 5) is 16.9. The summed E-state index contributed by atoms with van der Waals surface area (Å²) in [5.41, 5.74) is 3.92. The number of nitrogens with zero attached hydrogens (tertiary/aromatic N) is 2. The van der Waals surface area contributed by atoms with Gasteiger partial charge in [0, 0.05) is 29.1 Å². The summed E-state index contributed by atoms with van der Waals surface area (Å²) >= 11 is 1.49. The Morgan fingerprint density at radius 1 is 1.30 bits per heavy atom. The number of H-pyrrole nitrogens is 1. The van der Waals surface area contributed by atoms with Crippen LogP contribution in [0.25, 0.3) is 10.6 Å². The largest absolute Gasteiger partial charge is 0.348 e. The zero-order valence-electron chi connectivity index (χ0n) is 12.5. The van der Waals surface area contributed by atoms with Gasteiger partial charge in [0.05, 0.1) is 6.20 Å². The average Bonchev–Trinajstić information content (AvgIpc) is 3.24. The molecule has 0 saturated carbocycles. The van der Waals surface area contributed by atoms with E-state index in [1.807, 2.05) is 41.9 Å². The van der Waals surface area contributed by atoms with E-state index in [0.717, 1.165) is 35.5 Å². The number of amides is 1. The van der Waals surface area contributed by atoms with E-state index in [1.54, 1.807) is 0 Å². The molecular formula is C17H16N4OS.